The average molecular weight is 239 g/mol. The highest BCUT2D eigenvalue weighted by molar-refractivity contribution is 6.00. The molecular weight excluding hydrogens is 226 g/mol. The van der Waals surface area contributed by atoms with Gasteiger partial charge in [-0.25, -0.2) is 0 Å². The van der Waals surface area contributed by atoms with Gasteiger partial charge in [0, 0.05) is 23.7 Å². The van der Waals surface area contributed by atoms with Crippen LogP contribution in [0, 0.1) is 0 Å². The molecule has 0 aliphatic heterocycles. The third-order valence-corrected chi connectivity index (χ3v) is 3.31. The minimum atomic E-state index is 0.250. The maximum absolute atomic E-state index is 11.6. The first-order chi connectivity index (χ1) is 8.78. The first kappa shape index (κ1) is 11.0. The third kappa shape index (κ3) is 1.78. The highest BCUT2D eigenvalue weighted by atomic mass is 16.5. The van der Waals surface area contributed by atoms with Gasteiger partial charge in [-0.2, -0.15) is 0 Å². The average Bonchev–Trinajstić information content (AvgIpc) is 2.80. The molecule has 1 aliphatic rings. The van der Waals surface area contributed by atoms with Gasteiger partial charge in [0.05, 0.1) is 13.3 Å². The molecule has 18 heavy (non-hydrogen) atoms. The molecule has 3 nitrogen and oxygen atoms in total. The predicted molar refractivity (Wildman–Crippen MR) is 68.9 cm³/mol. The molecule has 0 spiro atoms. The van der Waals surface area contributed by atoms with E-state index in [4.69, 9.17) is 4.74 Å². The van der Waals surface area contributed by atoms with Crippen molar-refractivity contribution in [2.75, 3.05) is 7.11 Å². The first-order valence-electron chi connectivity index (χ1n) is 5.93. The van der Waals surface area contributed by atoms with Gasteiger partial charge >= 0.3 is 0 Å². The summed E-state index contributed by atoms with van der Waals surface area (Å²) in [5.41, 5.74) is 4.10. The normalized spacial score (nSPS) is 13.5. The molecule has 0 radical (unpaired) electrons. The Kier molecular flexibility index (Phi) is 2.59. The largest absolute Gasteiger partial charge is 0.495 e. The zero-order chi connectivity index (χ0) is 12.5. The number of nitrogens with zero attached hydrogens (tertiary/aromatic N) is 1. The maximum atomic E-state index is 11.6. The van der Waals surface area contributed by atoms with E-state index in [1.54, 1.807) is 19.5 Å². The van der Waals surface area contributed by atoms with Crippen molar-refractivity contribution < 1.29 is 9.53 Å². The van der Waals surface area contributed by atoms with E-state index in [9.17, 15) is 4.79 Å². The molecule has 3 heteroatoms. The van der Waals surface area contributed by atoms with Crippen LogP contribution in [0.25, 0.3) is 11.1 Å². The Bertz CT molecular complexity index is 620. The van der Waals surface area contributed by atoms with Gasteiger partial charge in [-0.15, -0.1) is 0 Å². The summed E-state index contributed by atoms with van der Waals surface area (Å²) in [4.78, 5) is 15.7. The van der Waals surface area contributed by atoms with Crippen LogP contribution in [-0.4, -0.2) is 17.9 Å². The van der Waals surface area contributed by atoms with Gasteiger partial charge < -0.3 is 4.74 Å². The molecule has 1 heterocycles. The number of aryl methyl sites for hydroxylation is 1. The van der Waals surface area contributed by atoms with Crippen molar-refractivity contribution in [2.24, 2.45) is 0 Å². The summed E-state index contributed by atoms with van der Waals surface area (Å²) in [6.07, 6.45) is 4.97. The molecule has 0 amide bonds. The van der Waals surface area contributed by atoms with E-state index in [1.165, 1.54) is 0 Å². The van der Waals surface area contributed by atoms with Crippen LogP contribution in [0.15, 0.2) is 36.7 Å². The molecule has 0 unspecified atom stereocenters. The molecule has 1 aromatic heterocycles. The van der Waals surface area contributed by atoms with Gasteiger partial charge in [-0.3, -0.25) is 9.78 Å². The summed E-state index contributed by atoms with van der Waals surface area (Å²) in [5.74, 6) is 0.990. The number of aromatic nitrogens is 1. The smallest absolute Gasteiger partial charge is 0.163 e. The van der Waals surface area contributed by atoms with Crippen LogP contribution in [0.4, 0.5) is 0 Å². The number of benzene rings is 1. The second-order valence-electron chi connectivity index (χ2n) is 4.41. The van der Waals surface area contributed by atoms with Gasteiger partial charge in [-0.1, -0.05) is 18.2 Å². The number of fused-ring (bicyclic) bond motifs is 1. The van der Waals surface area contributed by atoms with Gasteiger partial charge in [0.1, 0.15) is 5.75 Å². The molecule has 1 aliphatic carbocycles. The number of pyridine rings is 1. The lowest BCUT2D eigenvalue weighted by molar-refractivity contribution is 0.0994. The Morgan fingerprint density at radius 3 is 2.83 bits per heavy atom. The van der Waals surface area contributed by atoms with Crippen molar-refractivity contribution in [1.29, 1.82) is 0 Å². The lowest BCUT2D eigenvalue weighted by atomic mass is 10.0. The van der Waals surface area contributed by atoms with E-state index >= 15 is 0 Å². The lowest BCUT2D eigenvalue weighted by Gasteiger charge is -2.06. The standard InChI is InChI=1S/C15H13NO2/c1-18-13-7-12(8-16-9-13)10-2-4-14-11(6-10)3-5-15(14)17/h2,4,6-9H,3,5H2,1H3. The number of ether oxygens (including phenoxy) is 1. The summed E-state index contributed by atoms with van der Waals surface area (Å²) in [5, 5.41) is 0. The predicted octanol–water partition coefficient (Wildman–Crippen LogP) is 2.89. The number of Topliss-reactive ketones (excluding diaryl/α,β-unsaturated/α-hetero) is 1. The Morgan fingerprint density at radius 1 is 1.11 bits per heavy atom. The first-order valence-corrected chi connectivity index (χ1v) is 5.93. The fraction of sp³-hybridized carbons (Fsp3) is 0.200. The quantitative estimate of drug-likeness (QED) is 0.808. The van der Waals surface area contributed by atoms with Crippen LogP contribution in [0.5, 0.6) is 5.75 Å². The SMILES string of the molecule is COc1cncc(-c2ccc3c(c2)CCC3=O)c1. The molecule has 0 fully saturated rings. The Hall–Kier alpha value is -2.16. The highest BCUT2D eigenvalue weighted by Crippen LogP contribution is 2.29. The van der Waals surface area contributed by atoms with Crippen LogP contribution in [-0.2, 0) is 6.42 Å². The van der Waals surface area contributed by atoms with Crippen LogP contribution in [0.1, 0.15) is 22.3 Å². The number of methoxy groups -OCH3 is 1. The van der Waals surface area contributed by atoms with Crippen LogP contribution < -0.4 is 4.74 Å². The molecule has 1 aromatic carbocycles. The van der Waals surface area contributed by atoms with E-state index in [0.29, 0.717) is 6.42 Å². The van der Waals surface area contributed by atoms with Crippen molar-refractivity contribution in [2.45, 2.75) is 12.8 Å². The number of carbonyl (C=O) groups excluding carboxylic acids is 1. The molecule has 90 valence electrons. The van der Waals surface area contributed by atoms with Gasteiger partial charge in [0.25, 0.3) is 0 Å². The van der Waals surface area contributed by atoms with Crippen LogP contribution in [0.2, 0.25) is 0 Å². The van der Waals surface area contributed by atoms with E-state index in [1.807, 2.05) is 18.2 Å². The van der Waals surface area contributed by atoms with Crippen molar-refractivity contribution >= 4 is 5.78 Å². The van der Waals surface area contributed by atoms with Gasteiger partial charge in [-0.05, 0) is 23.6 Å². The molecular formula is C15H13NO2. The number of ketones is 1. The molecule has 0 bridgehead atoms. The molecule has 3 rings (SSSR count). The lowest BCUT2D eigenvalue weighted by Crippen LogP contribution is -1.91. The topological polar surface area (TPSA) is 39.2 Å². The van der Waals surface area contributed by atoms with Gasteiger partial charge in [0.2, 0.25) is 0 Å². The van der Waals surface area contributed by atoms with Crippen molar-refractivity contribution in [3.05, 3.63) is 47.8 Å². The van der Waals surface area contributed by atoms with Crippen molar-refractivity contribution in [1.82, 2.24) is 4.98 Å². The number of hydrogen-bond donors (Lipinski definition) is 0. The molecule has 0 saturated heterocycles. The number of carbonyl (C=O) groups is 1. The zero-order valence-corrected chi connectivity index (χ0v) is 10.1. The minimum absolute atomic E-state index is 0.250. The molecule has 0 N–H and O–H groups in total. The van der Waals surface area contributed by atoms with E-state index in [0.717, 1.165) is 34.4 Å². The summed E-state index contributed by atoms with van der Waals surface area (Å²) >= 11 is 0. The molecule has 0 saturated carbocycles. The Labute approximate surface area is 105 Å². The minimum Gasteiger partial charge on any atom is -0.495 e. The van der Waals surface area contributed by atoms with Crippen LogP contribution >= 0.6 is 0 Å². The molecule has 0 atom stereocenters. The second-order valence-corrected chi connectivity index (χ2v) is 4.41. The fourth-order valence-electron chi connectivity index (χ4n) is 2.32. The summed E-state index contributed by atoms with van der Waals surface area (Å²) in [6.45, 7) is 0. The van der Waals surface area contributed by atoms with E-state index in [2.05, 4.69) is 11.1 Å². The number of hydrogen-bond acceptors (Lipinski definition) is 3. The molecule has 2 aromatic rings. The Balaban J connectivity index is 2.05. The number of rotatable bonds is 2. The van der Waals surface area contributed by atoms with E-state index in [-0.39, 0.29) is 5.78 Å². The van der Waals surface area contributed by atoms with Gasteiger partial charge in [0.15, 0.2) is 5.78 Å². The summed E-state index contributed by atoms with van der Waals surface area (Å²) < 4.78 is 5.17. The van der Waals surface area contributed by atoms with E-state index < -0.39 is 0 Å². The summed E-state index contributed by atoms with van der Waals surface area (Å²) in [7, 11) is 1.63. The van der Waals surface area contributed by atoms with Crippen molar-refractivity contribution in [3.63, 3.8) is 0 Å². The van der Waals surface area contributed by atoms with Crippen LogP contribution in [0.3, 0.4) is 0 Å². The highest BCUT2D eigenvalue weighted by Gasteiger charge is 2.19. The monoisotopic (exact) mass is 239 g/mol. The third-order valence-electron chi connectivity index (χ3n) is 3.31. The fourth-order valence-corrected chi connectivity index (χ4v) is 2.32. The maximum Gasteiger partial charge on any atom is 0.163 e. The summed E-state index contributed by atoms with van der Waals surface area (Å²) in [6, 6.07) is 7.92. The zero-order valence-electron chi connectivity index (χ0n) is 10.1. The Morgan fingerprint density at radius 2 is 2.00 bits per heavy atom. The van der Waals surface area contributed by atoms with Crippen molar-refractivity contribution in [3.8, 4) is 16.9 Å². The second kappa shape index (κ2) is 4.26.